The Bertz CT molecular complexity index is 1140. The average Bonchev–Trinajstić information content (AvgIpc) is 2.78. The van der Waals surface area contributed by atoms with Crippen molar-refractivity contribution in [3.05, 3.63) is 64.2 Å². The van der Waals surface area contributed by atoms with Gasteiger partial charge in [-0.1, -0.05) is 55.8 Å². The molecule has 208 valence electrons. The second-order valence-electron chi connectivity index (χ2n) is 11.7. The van der Waals surface area contributed by atoms with Crippen LogP contribution in [0.1, 0.15) is 82.3 Å². The van der Waals surface area contributed by atoms with Crippen LogP contribution < -0.4 is 10.6 Å². The van der Waals surface area contributed by atoms with Crippen LogP contribution >= 0.6 is 0 Å². The maximum atomic E-state index is 14.2. The summed E-state index contributed by atoms with van der Waals surface area (Å²) in [7, 11) is 0. The van der Waals surface area contributed by atoms with E-state index >= 15 is 0 Å². The molecule has 7 nitrogen and oxygen atoms in total. The first-order valence-electron chi connectivity index (χ1n) is 13.3. The van der Waals surface area contributed by atoms with Crippen molar-refractivity contribution in [1.82, 2.24) is 10.2 Å². The molecule has 0 fully saturated rings. The molecule has 0 aliphatic carbocycles. The lowest BCUT2D eigenvalue weighted by atomic mass is 9.93. The Morgan fingerprint density at radius 1 is 0.868 bits per heavy atom. The van der Waals surface area contributed by atoms with Gasteiger partial charge in [-0.3, -0.25) is 9.59 Å². The molecule has 2 rings (SSSR count). The predicted molar refractivity (Wildman–Crippen MR) is 153 cm³/mol. The van der Waals surface area contributed by atoms with Gasteiger partial charge in [-0.25, -0.2) is 4.79 Å². The van der Waals surface area contributed by atoms with Gasteiger partial charge in [0.2, 0.25) is 5.91 Å². The van der Waals surface area contributed by atoms with Crippen molar-refractivity contribution in [3.63, 3.8) is 0 Å². The zero-order valence-corrected chi connectivity index (χ0v) is 24.9. The minimum Gasteiger partial charge on any atom is -0.444 e. The fraction of sp³-hybridized carbons (Fsp3) is 0.516. The van der Waals surface area contributed by atoms with Crippen LogP contribution in [-0.2, 0) is 14.3 Å². The number of aryl methyl sites for hydroxylation is 4. The number of hydrogen-bond acceptors (Lipinski definition) is 4. The number of carbonyl (C=O) groups excluding carboxylic acids is 3. The summed E-state index contributed by atoms with van der Waals surface area (Å²) >= 11 is 0. The molecule has 2 aromatic carbocycles. The van der Waals surface area contributed by atoms with E-state index in [4.69, 9.17) is 4.74 Å². The summed E-state index contributed by atoms with van der Waals surface area (Å²) in [5.74, 6) is -0.890. The smallest absolute Gasteiger partial charge is 0.408 e. The van der Waals surface area contributed by atoms with Crippen molar-refractivity contribution in [2.45, 2.75) is 99.9 Å². The SMILES string of the molecule is Cc1ccc(C)c(C(C(=O)Nc2c(C)cccc2C)N(C(=O)C(NC(=O)OC(C)(C)C)C(C)C)C(C)C)c1. The summed E-state index contributed by atoms with van der Waals surface area (Å²) in [5.41, 5.74) is 4.53. The molecule has 7 heteroatoms. The molecule has 0 aliphatic rings. The van der Waals surface area contributed by atoms with E-state index in [-0.39, 0.29) is 23.8 Å². The van der Waals surface area contributed by atoms with Crippen molar-refractivity contribution < 1.29 is 19.1 Å². The zero-order valence-electron chi connectivity index (χ0n) is 24.9. The quantitative estimate of drug-likeness (QED) is 0.420. The zero-order chi connectivity index (χ0) is 28.9. The molecule has 2 atom stereocenters. The van der Waals surface area contributed by atoms with Crippen LogP contribution in [0.2, 0.25) is 0 Å². The maximum Gasteiger partial charge on any atom is 0.408 e. The third-order valence-electron chi connectivity index (χ3n) is 6.40. The molecule has 2 aromatic rings. The minimum absolute atomic E-state index is 0.239. The Balaban J connectivity index is 2.62. The van der Waals surface area contributed by atoms with E-state index < -0.39 is 23.8 Å². The number of carbonyl (C=O) groups is 3. The van der Waals surface area contributed by atoms with Gasteiger partial charge < -0.3 is 20.3 Å². The van der Waals surface area contributed by atoms with Crippen LogP contribution in [0, 0.1) is 33.6 Å². The lowest BCUT2D eigenvalue weighted by Crippen LogP contribution is -2.56. The van der Waals surface area contributed by atoms with Crippen LogP contribution in [0.4, 0.5) is 10.5 Å². The number of nitrogens with zero attached hydrogens (tertiary/aromatic N) is 1. The van der Waals surface area contributed by atoms with Gasteiger partial charge in [0, 0.05) is 11.7 Å². The molecule has 0 saturated carbocycles. The molecular weight excluding hydrogens is 478 g/mol. The van der Waals surface area contributed by atoms with Crippen molar-refractivity contribution in [1.29, 1.82) is 0 Å². The normalized spacial score (nSPS) is 13.2. The molecule has 2 unspecified atom stereocenters. The van der Waals surface area contributed by atoms with Crippen LogP contribution in [0.25, 0.3) is 0 Å². The fourth-order valence-corrected chi connectivity index (χ4v) is 4.46. The van der Waals surface area contributed by atoms with E-state index in [1.54, 1.807) is 25.7 Å². The van der Waals surface area contributed by atoms with Crippen LogP contribution in [0.3, 0.4) is 0 Å². The van der Waals surface area contributed by atoms with Crippen LogP contribution in [-0.4, -0.2) is 40.5 Å². The highest BCUT2D eigenvalue weighted by Gasteiger charge is 2.39. The van der Waals surface area contributed by atoms with E-state index in [2.05, 4.69) is 10.6 Å². The number of anilines is 1. The molecular formula is C31H45N3O4. The lowest BCUT2D eigenvalue weighted by Gasteiger charge is -2.38. The number of alkyl carbamates (subject to hydrolysis) is 1. The number of hydrogen-bond donors (Lipinski definition) is 2. The summed E-state index contributed by atoms with van der Waals surface area (Å²) in [6.45, 7) is 20.6. The Labute approximate surface area is 228 Å². The van der Waals surface area contributed by atoms with E-state index in [1.807, 2.05) is 91.8 Å². The molecule has 0 aromatic heterocycles. The summed E-state index contributed by atoms with van der Waals surface area (Å²) in [4.78, 5) is 42.6. The summed E-state index contributed by atoms with van der Waals surface area (Å²) in [5, 5.41) is 5.87. The molecule has 2 N–H and O–H groups in total. The second kappa shape index (κ2) is 12.5. The Morgan fingerprint density at radius 2 is 1.45 bits per heavy atom. The van der Waals surface area contributed by atoms with E-state index in [1.165, 1.54) is 0 Å². The monoisotopic (exact) mass is 523 g/mol. The Hall–Kier alpha value is -3.35. The van der Waals surface area contributed by atoms with Crippen LogP contribution in [0.15, 0.2) is 36.4 Å². The third-order valence-corrected chi connectivity index (χ3v) is 6.40. The largest absolute Gasteiger partial charge is 0.444 e. The number of ether oxygens (including phenoxy) is 1. The first kappa shape index (κ1) is 30.9. The molecule has 0 bridgehead atoms. The second-order valence-corrected chi connectivity index (χ2v) is 11.7. The first-order valence-corrected chi connectivity index (χ1v) is 13.3. The lowest BCUT2D eigenvalue weighted by molar-refractivity contribution is -0.143. The highest BCUT2D eigenvalue weighted by atomic mass is 16.6. The van der Waals surface area contributed by atoms with Crippen molar-refractivity contribution in [2.24, 2.45) is 5.92 Å². The predicted octanol–water partition coefficient (Wildman–Crippen LogP) is 6.39. The van der Waals surface area contributed by atoms with Gasteiger partial charge in [-0.05, 0) is 90.5 Å². The number of benzene rings is 2. The standard InChI is InChI=1S/C31H45N3O4/c1-18(2)25(33-30(37)38-31(9,10)11)29(36)34(19(3)4)27(24-17-20(5)15-16-21(24)6)28(35)32-26-22(7)13-12-14-23(26)8/h12-19,25,27H,1-11H3,(H,32,35)(H,33,37). The van der Waals surface area contributed by atoms with Gasteiger partial charge in [0.25, 0.3) is 5.91 Å². The number of nitrogens with one attached hydrogen (secondary N) is 2. The topological polar surface area (TPSA) is 87.7 Å². The van der Waals surface area contributed by atoms with Crippen molar-refractivity contribution in [3.8, 4) is 0 Å². The van der Waals surface area contributed by atoms with E-state index in [0.29, 0.717) is 0 Å². The van der Waals surface area contributed by atoms with E-state index in [0.717, 1.165) is 33.5 Å². The maximum absolute atomic E-state index is 14.2. The average molecular weight is 524 g/mol. The third kappa shape index (κ3) is 7.83. The number of amides is 3. The van der Waals surface area contributed by atoms with Gasteiger partial charge in [0.1, 0.15) is 17.7 Å². The molecule has 3 amide bonds. The van der Waals surface area contributed by atoms with Gasteiger partial charge in [0.05, 0.1) is 0 Å². The molecule has 38 heavy (non-hydrogen) atoms. The molecule has 0 heterocycles. The summed E-state index contributed by atoms with van der Waals surface area (Å²) in [6.07, 6.45) is -0.670. The van der Waals surface area contributed by atoms with Crippen molar-refractivity contribution >= 4 is 23.6 Å². The van der Waals surface area contributed by atoms with Gasteiger partial charge in [-0.15, -0.1) is 0 Å². The highest BCUT2D eigenvalue weighted by molar-refractivity contribution is 6.00. The van der Waals surface area contributed by atoms with Crippen molar-refractivity contribution in [2.75, 3.05) is 5.32 Å². The van der Waals surface area contributed by atoms with Crippen LogP contribution in [0.5, 0.6) is 0 Å². The van der Waals surface area contributed by atoms with E-state index in [9.17, 15) is 14.4 Å². The summed E-state index contributed by atoms with van der Waals surface area (Å²) in [6, 6.07) is 9.61. The first-order chi connectivity index (χ1) is 17.5. The highest BCUT2D eigenvalue weighted by Crippen LogP contribution is 2.31. The van der Waals surface area contributed by atoms with Gasteiger partial charge >= 0.3 is 6.09 Å². The number of para-hydroxylation sites is 1. The Kier molecular flexibility index (Phi) is 10.1. The van der Waals surface area contributed by atoms with Gasteiger partial charge in [0.15, 0.2) is 0 Å². The molecule has 0 saturated heterocycles. The minimum atomic E-state index is -0.914. The molecule has 0 radical (unpaired) electrons. The van der Waals surface area contributed by atoms with Gasteiger partial charge in [-0.2, -0.15) is 0 Å². The Morgan fingerprint density at radius 3 is 1.95 bits per heavy atom. The molecule has 0 aliphatic heterocycles. The molecule has 0 spiro atoms. The number of rotatable bonds is 8. The fourth-order valence-electron chi connectivity index (χ4n) is 4.46. The summed E-state index contributed by atoms with van der Waals surface area (Å²) < 4.78 is 5.44.